The van der Waals surface area contributed by atoms with Crippen LogP contribution in [0, 0.1) is 6.92 Å². The van der Waals surface area contributed by atoms with Crippen LogP contribution in [-0.4, -0.2) is 10.9 Å². The average molecular weight is 457 g/mol. The summed E-state index contributed by atoms with van der Waals surface area (Å²) in [6.07, 6.45) is 0. The molecule has 4 nitrogen and oxygen atoms in total. The Bertz CT molecular complexity index is 1420. The van der Waals surface area contributed by atoms with E-state index in [0.717, 1.165) is 37.5 Å². The Morgan fingerprint density at radius 3 is 2.63 bits per heavy atom. The van der Waals surface area contributed by atoms with Gasteiger partial charge in [-0.25, -0.2) is 4.98 Å². The number of nitrogens with zero attached hydrogens (tertiary/aromatic N) is 1. The standard InChI is InChI=1S/C25H17BrN2O2/c1-15-11-12-23-22(13-15)28-25(30-23)16-5-2-6-17(14-16)27-24(29)20-9-3-8-19-18(20)7-4-10-21(19)26/h2-14H,1H3,(H,27,29). The summed E-state index contributed by atoms with van der Waals surface area (Å²) >= 11 is 3.55. The molecule has 5 rings (SSSR count). The second-order valence-electron chi connectivity index (χ2n) is 7.17. The number of hydrogen-bond acceptors (Lipinski definition) is 3. The summed E-state index contributed by atoms with van der Waals surface area (Å²) < 4.78 is 6.86. The van der Waals surface area contributed by atoms with Crippen LogP contribution in [0.1, 0.15) is 15.9 Å². The summed E-state index contributed by atoms with van der Waals surface area (Å²) in [5.74, 6) is 0.366. The van der Waals surface area contributed by atoms with Gasteiger partial charge in [0.05, 0.1) is 0 Å². The van der Waals surface area contributed by atoms with Crippen molar-refractivity contribution in [2.75, 3.05) is 5.32 Å². The highest BCUT2D eigenvalue weighted by molar-refractivity contribution is 9.10. The highest BCUT2D eigenvalue weighted by Gasteiger charge is 2.13. The Labute approximate surface area is 181 Å². The number of aromatic nitrogens is 1. The summed E-state index contributed by atoms with van der Waals surface area (Å²) in [7, 11) is 0. The van der Waals surface area contributed by atoms with Crippen molar-refractivity contribution in [1.82, 2.24) is 4.98 Å². The molecule has 0 fully saturated rings. The highest BCUT2D eigenvalue weighted by atomic mass is 79.9. The zero-order valence-electron chi connectivity index (χ0n) is 16.1. The number of rotatable bonds is 3. The minimum Gasteiger partial charge on any atom is -0.436 e. The molecular weight excluding hydrogens is 440 g/mol. The first-order valence-corrected chi connectivity index (χ1v) is 10.3. The molecule has 1 amide bonds. The summed E-state index contributed by atoms with van der Waals surface area (Å²) in [5.41, 5.74) is 4.80. The first-order chi connectivity index (χ1) is 14.6. The molecule has 1 heterocycles. The van der Waals surface area contributed by atoms with Crippen molar-refractivity contribution in [3.05, 3.63) is 94.5 Å². The van der Waals surface area contributed by atoms with Gasteiger partial charge in [0.2, 0.25) is 5.89 Å². The van der Waals surface area contributed by atoms with Crippen LogP contribution in [0.25, 0.3) is 33.3 Å². The minimum atomic E-state index is -0.163. The minimum absolute atomic E-state index is 0.163. The molecule has 0 aliphatic rings. The molecule has 1 N–H and O–H groups in total. The number of amides is 1. The zero-order chi connectivity index (χ0) is 20.7. The van der Waals surface area contributed by atoms with Gasteiger partial charge in [-0.15, -0.1) is 0 Å². The van der Waals surface area contributed by atoms with Gasteiger partial charge in [-0.05, 0) is 65.7 Å². The van der Waals surface area contributed by atoms with E-state index in [0.29, 0.717) is 17.1 Å². The highest BCUT2D eigenvalue weighted by Crippen LogP contribution is 2.29. The third kappa shape index (κ3) is 3.37. The van der Waals surface area contributed by atoms with E-state index in [1.54, 1.807) is 0 Å². The SMILES string of the molecule is Cc1ccc2oc(-c3cccc(NC(=O)c4cccc5c(Br)cccc45)c3)nc2c1. The number of anilines is 1. The van der Waals surface area contributed by atoms with Gasteiger partial charge in [0, 0.05) is 21.3 Å². The van der Waals surface area contributed by atoms with Crippen LogP contribution in [0.5, 0.6) is 0 Å². The van der Waals surface area contributed by atoms with Crippen molar-refractivity contribution >= 4 is 49.4 Å². The number of carbonyl (C=O) groups is 1. The second-order valence-corrected chi connectivity index (χ2v) is 8.02. The maximum Gasteiger partial charge on any atom is 0.256 e. The molecule has 4 aromatic carbocycles. The predicted octanol–water partition coefficient (Wildman–Crippen LogP) is 6.97. The Hall–Kier alpha value is -3.44. The molecule has 1 aromatic heterocycles. The summed E-state index contributed by atoms with van der Waals surface area (Å²) in [6, 6.07) is 25.0. The van der Waals surface area contributed by atoms with Crippen molar-refractivity contribution in [1.29, 1.82) is 0 Å². The predicted molar refractivity (Wildman–Crippen MR) is 124 cm³/mol. The van der Waals surface area contributed by atoms with E-state index in [1.165, 1.54) is 0 Å². The lowest BCUT2D eigenvalue weighted by atomic mass is 10.0. The fourth-order valence-electron chi connectivity index (χ4n) is 3.56. The van der Waals surface area contributed by atoms with Gasteiger partial charge in [-0.1, -0.05) is 52.3 Å². The van der Waals surface area contributed by atoms with Crippen molar-refractivity contribution in [2.24, 2.45) is 0 Å². The maximum atomic E-state index is 13.0. The molecule has 30 heavy (non-hydrogen) atoms. The molecule has 5 heteroatoms. The number of fused-ring (bicyclic) bond motifs is 2. The number of benzene rings is 4. The second kappa shape index (κ2) is 7.43. The van der Waals surface area contributed by atoms with E-state index in [1.807, 2.05) is 85.8 Å². The van der Waals surface area contributed by atoms with E-state index < -0.39 is 0 Å². The van der Waals surface area contributed by atoms with Gasteiger partial charge < -0.3 is 9.73 Å². The third-order valence-corrected chi connectivity index (χ3v) is 5.72. The Kier molecular flexibility index (Phi) is 4.60. The molecule has 0 unspecified atom stereocenters. The number of halogens is 1. The molecule has 0 saturated carbocycles. The summed E-state index contributed by atoms with van der Waals surface area (Å²) in [4.78, 5) is 17.6. The molecule has 146 valence electrons. The Balaban J connectivity index is 1.47. The van der Waals surface area contributed by atoms with Crippen LogP contribution in [0.4, 0.5) is 5.69 Å². The quantitative estimate of drug-likeness (QED) is 0.318. The monoisotopic (exact) mass is 456 g/mol. The number of carbonyl (C=O) groups excluding carboxylic acids is 1. The largest absolute Gasteiger partial charge is 0.436 e. The molecule has 0 atom stereocenters. The van der Waals surface area contributed by atoms with Crippen LogP contribution >= 0.6 is 15.9 Å². The van der Waals surface area contributed by atoms with Crippen molar-refractivity contribution < 1.29 is 9.21 Å². The normalized spacial score (nSPS) is 11.1. The topological polar surface area (TPSA) is 55.1 Å². The van der Waals surface area contributed by atoms with E-state index in [-0.39, 0.29) is 5.91 Å². The smallest absolute Gasteiger partial charge is 0.256 e. The summed E-state index contributed by atoms with van der Waals surface area (Å²) in [6.45, 7) is 2.02. The number of oxazole rings is 1. The number of hydrogen-bond donors (Lipinski definition) is 1. The van der Waals surface area contributed by atoms with E-state index in [4.69, 9.17) is 4.42 Å². The Morgan fingerprint density at radius 1 is 0.933 bits per heavy atom. The third-order valence-electron chi connectivity index (χ3n) is 5.02. The average Bonchev–Trinajstić information content (AvgIpc) is 3.17. The van der Waals surface area contributed by atoms with Crippen LogP contribution < -0.4 is 5.32 Å². The molecule has 0 aliphatic heterocycles. The zero-order valence-corrected chi connectivity index (χ0v) is 17.7. The van der Waals surface area contributed by atoms with Gasteiger partial charge in [0.1, 0.15) is 5.52 Å². The van der Waals surface area contributed by atoms with Gasteiger partial charge >= 0.3 is 0 Å². The van der Waals surface area contributed by atoms with Crippen LogP contribution in [0.2, 0.25) is 0 Å². The first kappa shape index (κ1) is 18.6. The van der Waals surface area contributed by atoms with E-state index >= 15 is 0 Å². The number of aryl methyl sites for hydroxylation is 1. The molecular formula is C25H17BrN2O2. The summed E-state index contributed by atoms with van der Waals surface area (Å²) in [5, 5.41) is 4.90. The van der Waals surface area contributed by atoms with Crippen molar-refractivity contribution in [2.45, 2.75) is 6.92 Å². The van der Waals surface area contributed by atoms with Gasteiger partial charge in [-0.3, -0.25) is 4.79 Å². The molecule has 0 saturated heterocycles. The molecule has 0 aliphatic carbocycles. The first-order valence-electron chi connectivity index (χ1n) is 9.55. The van der Waals surface area contributed by atoms with E-state index in [9.17, 15) is 4.79 Å². The number of nitrogens with one attached hydrogen (secondary N) is 1. The van der Waals surface area contributed by atoms with Gasteiger partial charge in [-0.2, -0.15) is 0 Å². The molecule has 0 spiro atoms. The lowest BCUT2D eigenvalue weighted by molar-refractivity contribution is 0.102. The van der Waals surface area contributed by atoms with Crippen LogP contribution in [-0.2, 0) is 0 Å². The lowest BCUT2D eigenvalue weighted by Gasteiger charge is -2.09. The Morgan fingerprint density at radius 2 is 1.73 bits per heavy atom. The van der Waals surface area contributed by atoms with Crippen molar-refractivity contribution in [3.8, 4) is 11.5 Å². The van der Waals surface area contributed by atoms with Gasteiger partial charge in [0.15, 0.2) is 5.58 Å². The van der Waals surface area contributed by atoms with E-state index in [2.05, 4.69) is 26.2 Å². The van der Waals surface area contributed by atoms with Crippen LogP contribution in [0.15, 0.2) is 87.8 Å². The fourth-order valence-corrected chi connectivity index (χ4v) is 4.06. The molecule has 5 aromatic rings. The van der Waals surface area contributed by atoms with Gasteiger partial charge in [0.25, 0.3) is 5.91 Å². The van der Waals surface area contributed by atoms with Crippen LogP contribution in [0.3, 0.4) is 0 Å². The maximum absolute atomic E-state index is 13.0. The molecule has 0 radical (unpaired) electrons. The fraction of sp³-hybridized carbons (Fsp3) is 0.0400. The molecule has 0 bridgehead atoms. The van der Waals surface area contributed by atoms with Crippen molar-refractivity contribution in [3.63, 3.8) is 0 Å². The lowest BCUT2D eigenvalue weighted by Crippen LogP contribution is -2.12.